The largest absolute Gasteiger partial charge is 0.368 e. The van der Waals surface area contributed by atoms with Crippen LogP contribution >= 0.6 is 0 Å². The Morgan fingerprint density at radius 2 is 2.19 bits per heavy atom. The minimum Gasteiger partial charge on any atom is -0.368 e. The van der Waals surface area contributed by atoms with Crippen LogP contribution in [0.5, 0.6) is 0 Å². The van der Waals surface area contributed by atoms with Crippen LogP contribution in [0.25, 0.3) is 10.9 Å². The Labute approximate surface area is 121 Å². The molecular weight excluding hydrogens is 292 g/mol. The third-order valence-electron chi connectivity index (χ3n) is 3.44. The van der Waals surface area contributed by atoms with E-state index in [-0.39, 0.29) is 29.4 Å². The number of aromatic nitrogens is 2. The summed E-state index contributed by atoms with van der Waals surface area (Å²) in [7, 11) is -3.03. The molecule has 1 saturated heterocycles. The molecule has 1 aromatic heterocycles. The van der Waals surface area contributed by atoms with Gasteiger partial charge in [0.15, 0.2) is 9.84 Å². The number of rotatable bonds is 2. The van der Waals surface area contributed by atoms with Crippen molar-refractivity contribution in [2.75, 3.05) is 17.2 Å². The number of nitrogens with zero attached hydrogens (tertiary/aromatic N) is 2. The van der Waals surface area contributed by atoms with Crippen LogP contribution in [-0.2, 0) is 9.84 Å². The minimum absolute atomic E-state index is 0.0133. The van der Waals surface area contributed by atoms with Gasteiger partial charge in [-0.3, -0.25) is 4.79 Å². The van der Waals surface area contributed by atoms with Gasteiger partial charge in [0.25, 0.3) is 5.91 Å². The zero-order valence-electron chi connectivity index (χ0n) is 11.1. The van der Waals surface area contributed by atoms with Gasteiger partial charge in [-0.15, -0.1) is 0 Å². The number of fused-ring (bicyclic) bond motifs is 1. The van der Waals surface area contributed by atoms with E-state index in [4.69, 9.17) is 5.73 Å². The van der Waals surface area contributed by atoms with E-state index in [1.807, 2.05) is 0 Å². The van der Waals surface area contributed by atoms with Crippen LogP contribution in [0, 0.1) is 0 Å². The van der Waals surface area contributed by atoms with Crippen LogP contribution in [0.3, 0.4) is 0 Å². The third kappa shape index (κ3) is 2.80. The number of carbonyl (C=O) groups excluding carboxylic acids is 1. The Morgan fingerprint density at radius 1 is 1.38 bits per heavy atom. The fourth-order valence-electron chi connectivity index (χ4n) is 2.42. The summed E-state index contributed by atoms with van der Waals surface area (Å²) in [6, 6.07) is 4.79. The molecule has 2 aromatic rings. The van der Waals surface area contributed by atoms with Crippen molar-refractivity contribution in [2.45, 2.75) is 12.5 Å². The lowest BCUT2D eigenvalue weighted by atomic mass is 10.1. The van der Waals surface area contributed by atoms with Crippen molar-refractivity contribution >= 4 is 32.6 Å². The van der Waals surface area contributed by atoms with E-state index in [9.17, 15) is 13.2 Å². The van der Waals surface area contributed by atoms with E-state index in [0.29, 0.717) is 22.9 Å². The molecule has 21 heavy (non-hydrogen) atoms. The smallest absolute Gasteiger partial charge is 0.253 e. The second-order valence-electron chi connectivity index (χ2n) is 5.05. The van der Waals surface area contributed by atoms with Crippen LogP contribution in [0.1, 0.15) is 16.8 Å². The first-order valence-electron chi connectivity index (χ1n) is 6.47. The number of nitrogens with one attached hydrogen (secondary N) is 1. The van der Waals surface area contributed by atoms with E-state index >= 15 is 0 Å². The summed E-state index contributed by atoms with van der Waals surface area (Å²) in [5.41, 5.74) is 6.39. The van der Waals surface area contributed by atoms with Crippen LogP contribution < -0.4 is 11.1 Å². The third-order valence-corrected chi connectivity index (χ3v) is 5.21. The lowest BCUT2D eigenvalue weighted by molar-refractivity contribution is 0.0942. The van der Waals surface area contributed by atoms with E-state index in [2.05, 4.69) is 15.3 Å². The van der Waals surface area contributed by atoms with Gasteiger partial charge in [0, 0.05) is 17.6 Å². The first-order chi connectivity index (χ1) is 9.94. The number of anilines is 1. The van der Waals surface area contributed by atoms with Crippen molar-refractivity contribution < 1.29 is 13.2 Å². The molecule has 1 amide bonds. The number of carbonyl (C=O) groups is 1. The first-order valence-corrected chi connectivity index (χ1v) is 8.29. The van der Waals surface area contributed by atoms with Gasteiger partial charge in [-0.25, -0.2) is 18.4 Å². The highest BCUT2D eigenvalue weighted by atomic mass is 32.2. The topological polar surface area (TPSA) is 115 Å². The minimum atomic E-state index is -3.03. The molecule has 8 heteroatoms. The highest BCUT2D eigenvalue weighted by molar-refractivity contribution is 7.91. The molecule has 1 fully saturated rings. The fourth-order valence-corrected chi connectivity index (χ4v) is 4.10. The Kier molecular flexibility index (Phi) is 3.25. The Hall–Kier alpha value is -2.22. The van der Waals surface area contributed by atoms with Gasteiger partial charge in [-0.05, 0) is 12.5 Å². The van der Waals surface area contributed by atoms with Crippen LogP contribution in [-0.4, -0.2) is 41.8 Å². The molecule has 0 aliphatic carbocycles. The van der Waals surface area contributed by atoms with Crippen LogP contribution in [0.4, 0.5) is 5.95 Å². The average molecular weight is 306 g/mol. The highest BCUT2D eigenvalue weighted by Gasteiger charge is 2.29. The number of nitrogens with two attached hydrogens (primary N) is 1. The number of para-hydroxylation sites is 1. The lowest BCUT2D eigenvalue weighted by Crippen LogP contribution is -2.35. The van der Waals surface area contributed by atoms with E-state index in [0.717, 1.165) is 0 Å². The van der Waals surface area contributed by atoms with Crippen molar-refractivity contribution in [3.63, 3.8) is 0 Å². The molecule has 0 spiro atoms. The number of sulfone groups is 1. The van der Waals surface area contributed by atoms with Gasteiger partial charge >= 0.3 is 0 Å². The van der Waals surface area contributed by atoms with Crippen molar-refractivity contribution in [1.82, 2.24) is 15.3 Å². The number of amides is 1. The van der Waals surface area contributed by atoms with Gasteiger partial charge in [0.05, 0.1) is 22.6 Å². The second kappa shape index (κ2) is 4.96. The summed E-state index contributed by atoms with van der Waals surface area (Å²) in [5.74, 6) is -0.157. The SMILES string of the molecule is Nc1ncc2cccc(C(=O)NC3CCS(=O)(=O)C3)c2n1. The van der Waals surface area contributed by atoms with Crippen molar-refractivity contribution in [3.05, 3.63) is 30.0 Å². The fraction of sp³-hybridized carbons (Fsp3) is 0.308. The van der Waals surface area contributed by atoms with E-state index < -0.39 is 9.84 Å². The molecule has 2 heterocycles. The predicted octanol–water partition coefficient (Wildman–Crippen LogP) is 0.129. The number of nitrogen functional groups attached to an aromatic ring is 1. The number of hydrogen-bond acceptors (Lipinski definition) is 6. The molecule has 7 nitrogen and oxygen atoms in total. The number of hydrogen-bond donors (Lipinski definition) is 2. The zero-order valence-corrected chi connectivity index (χ0v) is 11.9. The summed E-state index contributed by atoms with van der Waals surface area (Å²) in [5, 5.41) is 3.45. The summed E-state index contributed by atoms with van der Waals surface area (Å²) in [6.07, 6.45) is 1.99. The molecule has 0 radical (unpaired) electrons. The van der Waals surface area contributed by atoms with Gasteiger partial charge < -0.3 is 11.1 Å². The summed E-state index contributed by atoms with van der Waals surface area (Å²) in [6.45, 7) is 0. The monoisotopic (exact) mass is 306 g/mol. The van der Waals surface area contributed by atoms with E-state index in [1.165, 1.54) is 0 Å². The molecule has 1 atom stereocenters. The lowest BCUT2D eigenvalue weighted by Gasteiger charge is -2.12. The Bertz CT molecular complexity index is 819. The predicted molar refractivity (Wildman–Crippen MR) is 78.5 cm³/mol. The van der Waals surface area contributed by atoms with Crippen LogP contribution in [0.15, 0.2) is 24.4 Å². The molecule has 0 saturated carbocycles. The van der Waals surface area contributed by atoms with E-state index in [1.54, 1.807) is 24.4 Å². The molecular formula is C13H14N4O3S. The van der Waals surface area contributed by atoms with Gasteiger partial charge in [-0.2, -0.15) is 0 Å². The second-order valence-corrected chi connectivity index (χ2v) is 7.27. The maximum atomic E-state index is 12.3. The van der Waals surface area contributed by atoms with Gasteiger partial charge in [-0.1, -0.05) is 12.1 Å². The average Bonchev–Trinajstić information content (AvgIpc) is 2.77. The quantitative estimate of drug-likeness (QED) is 0.815. The normalized spacial score (nSPS) is 20.5. The maximum Gasteiger partial charge on any atom is 0.253 e. The van der Waals surface area contributed by atoms with Crippen molar-refractivity contribution in [3.8, 4) is 0 Å². The molecule has 0 bridgehead atoms. The Balaban J connectivity index is 1.90. The number of benzene rings is 1. The summed E-state index contributed by atoms with van der Waals surface area (Å²) >= 11 is 0. The molecule has 1 aliphatic heterocycles. The van der Waals surface area contributed by atoms with Crippen molar-refractivity contribution in [1.29, 1.82) is 0 Å². The summed E-state index contributed by atoms with van der Waals surface area (Å²) < 4.78 is 22.9. The molecule has 110 valence electrons. The molecule has 1 unspecified atom stereocenters. The molecule has 1 aromatic carbocycles. The zero-order chi connectivity index (χ0) is 15.0. The first kappa shape index (κ1) is 13.7. The molecule has 3 rings (SSSR count). The van der Waals surface area contributed by atoms with Crippen molar-refractivity contribution in [2.24, 2.45) is 0 Å². The highest BCUT2D eigenvalue weighted by Crippen LogP contribution is 2.18. The molecule has 1 aliphatic rings. The standard InChI is InChI=1S/C13H14N4O3S/c14-13-15-6-8-2-1-3-10(11(8)17-13)12(18)16-9-4-5-21(19,20)7-9/h1-3,6,9H,4-5,7H2,(H,16,18)(H2,14,15,17). The summed E-state index contributed by atoms with van der Waals surface area (Å²) in [4.78, 5) is 20.3. The van der Waals surface area contributed by atoms with Gasteiger partial charge in [0.1, 0.15) is 0 Å². The van der Waals surface area contributed by atoms with Crippen LogP contribution in [0.2, 0.25) is 0 Å². The maximum absolute atomic E-state index is 12.3. The molecule has 3 N–H and O–H groups in total. The van der Waals surface area contributed by atoms with Gasteiger partial charge in [0.2, 0.25) is 5.95 Å². The Morgan fingerprint density at radius 3 is 2.90 bits per heavy atom.